The number of nitriles is 1. The zero-order valence-electron chi connectivity index (χ0n) is 9.74. The molecule has 0 amide bonds. The van der Waals surface area contributed by atoms with Crippen LogP contribution in [0.4, 0.5) is 0 Å². The van der Waals surface area contributed by atoms with Crippen LogP contribution in [0, 0.1) is 11.3 Å². The lowest BCUT2D eigenvalue weighted by molar-refractivity contribution is 0.474. The van der Waals surface area contributed by atoms with Crippen molar-refractivity contribution in [1.82, 2.24) is 0 Å². The van der Waals surface area contributed by atoms with Crippen LogP contribution in [-0.4, -0.2) is 10.2 Å². The largest absolute Gasteiger partial charge is 0.508 e. The molecular weight excluding hydrogens is 226 g/mol. The van der Waals surface area contributed by atoms with Crippen molar-refractivity contribution in [2.45, 2.75) is 12.3 Å². The molecule has 2 N–H and O–H groups in total. The first-order valence-electron chi connectivity index (χ1n) is 5.65. The van der Waals surface area contributed by atoms with Gasteiger partial charge in [0, 0.05) is 0 Å². The SMILES string of the molecule is N#C[C@H](Cc1cccc(O)c1)c1ccc(O)cc1. The normalized spacial score (nSPS) is 11.7. The number of nitrogens with zero attached hydrogens (tertiary/aromatic N) is 1. The van der Waals surface area contributed by atoms with Crippen LogP contribution in [0.3, 0.4) is 0 Å². The minimum absolute atomic E-state index is 0.188. The zero-order valence-corrected chi connectivity index (χ0v) is 9.74. The molecular formula is C15H13NO2. The molecule has 18 heavy (non-hydrogen) atoms. The Morgan fingerprint density at radius 2 is 1.72 bits per heavy atom. The van der Waals surface area contributed by atoms with Crippen LogP contribution in [0.15, 0.2) is 48.5 Å². The minimum atomic E-state index is -0.285. The van der Waals surface area contributed by atoms with Crippen LogP contribution in [-0.2, 0) is 6.42 Å². The Morgan fingerprint density at radius 1 is 1.00 bits per heavy atom. The van der Waals surface area contributed by atoms with Gasteiger partial charge in [0.2, 0.25) is 0 Å². The van der Waals surface area contributed by atoms with Crippen LogP contribution in [0.5, 0.6) is 11.5 Å². The Hall–Kier alpha value is -2.47. The van der Waals surface area contributed by atoms with Crippen molar-refractivity contribution in [1.29, 1.82) is 5.26 Å². The van der Waals surface area contributed by atoms with Crippen molar-refractivity contribution in [3.63, 3.8) is 0 Å². The van der Waals surface area contributed by atoms with Crippen molar-refractivity contribution in [3.05, 3.63) is 59.7 Å². The highest BCUT2D eigenvalue weighted by Crippen LogP contribution is 2.23. The average Bonchev–Trinajstić information content (AvgIpc) is 2.37. The summed E-state index contributed by atoms with van der Waals surface area (Å²) in [5.41, 5.74) is 1.77. The van der Waals surface area contributed by atoms with Gasteiger partial charge in [0.25, 0.3) is 0 Å². The summed E-state index contributed by atoms with van der Waals surface area (Å²) in [6, 6.07) is 15.8. The second-order valence-corrected chi connectivity index (χ2v) is 4.15. The zero-order chi connectivity index (χ0) is 13.0. The smallest absolute Gasteiger partial charge is 0.115 e. The van der Waals surface area contributed by atoms with Gasteiger partial charge in [-0.3, -0.25) is 0 Å². The highest BCUT2D eigenvalue weighted by atomic mass is 16.3. The van der Waals surface area contributed by atoms with E-state index in [1.165, 1.54) is 0 Å². The van der Waals surface area contributed by atoms with E-state index in [2.05, 4.69) is 6.07 Å². The molecule has 0 aliphatic rings. The van der Waals surface area contributed by atoms with Crippen LogP contribution in [0.25, 0.3) is 0 Å². The first-order valence-corrected chi connectivity index (χ1v) is 5.65. The summed E-state index contributed by atoms with van der Waals surface area (Å²) < 4.78 is 0. The molecule has 2 aromatic rings. The summed E-state index contributed by atoms with van der Waals surface area (Å²) in [4.78, 5) is 0. The molecule has 0 aliphatic carbocycles. The van der Waals surface area contributed by atoms with Gasteiger partial charge in [0.1, 0.15) is 11.5 Å². The average molecular weight is 239 g/mol. The van der Waals surface area contributed by atoms with Crippen molar-refractivity contribution in [2.75, 3.05) is 0 Å². The summed E-state index contributed by atoms with van der Waals surface area (Å²) in [6.07, 6.45) is 0.537. The molecule has 0 spiro atoms. The van der Waals surface area contributed by atoms with Crippen molar-refractivity contribution >= 4 is 0 Å². The molecule has 0 saturated carbocycles. The van der Waals surface area contributed by atoms with Gasteiger partial charge in [-0.15, -0.1) is 0 Å². The van der Waals surface area contributed by atoms with E-state index in [4.69, 9.17) is 0 Å². The van der Waals surface area contributed by atoms with Crippen molar-refractivity contribution < 1.29 is 10.2 Å². The fourth-order valence-electron chi connectivity index (χ4n) is 1.86. The van der Waals surface area contributed by atoms with E-state index in [9.17, 15) is 15.5 Å². The van der Waals surface area contributed by atoms with Crippen molar-refractivity contribution in [3.8, 4) is 17.6 Å². The fraction of sp³-hybridized carbons (Fsp3) is 0.133. The molecule has 2 aromatic carbocycles. The van der Waals surface area contributed by atoms with E-state index in [-0.39, 0.29) is 17.4 Å². The van der Waals surface area contributed by atoms with Crippen LogP contribution >= 0.6 is 0 Å². The summed E-state index contributed by atoms with van der Waals surface area (Å²) in [7, 11) is 0. The van der Waals surface area contributed by atoms with Gasteiger partial charge < -0.3 is 10.2 Å². The number of benzene rings is 2. The summed E-state index contributed by atoms with van der Waals surface area (Å²) in [5, 5.41) is 27.8. The number of phenols is 2. The van der Waals surface area contributed by atoms with Gasteiger partial charge in [0.15, 0.2) is 0 Å². The van der Waals surface area contributed by atoms with Gasteiger partial charge in [-0.05, 0) is 41.8 Å². The Kier molecular flexibility index (Phi) is 3.49. The molecule has 3 nitrogen and oxygen atoms in total. The van der Waals surface area contributed by atoms with E-state index in [0.29, 0.717) is 6.42 Å². The summed E-state index contributed by atoms with van der Waals surface area (Å²) in [6.45, 7) is 0. The molecule has 0 aliphatic heterocycles. The van der Waals surface area contributed by atoms with E-state index in [1.807, 2.05) is 6.07 Å². The first kappa shape index (κ1) is 12.0. The number of hydrogen-bond donors (Lipinski definition) is 2. The Morgan fingerprint density at radius 3 is 2.33 bits per heavy atom. The quantitative estimate of drug-likeness (QED) is 0.865. The van der Waals surface area contributed by atoms with E-state index in [0.717, 1.165) is 11.1 Å². The maximum Gasteiger partial charge on any atom is 0.115 e. The molecule has 0 unspecified atom stereocenters. The predicted molar refractivity (Wildman–Crippen MR) is 68.3 cm³/mol. The fourth-order valence-corrected chi connectivity index (χ4v) is 1.86. The Bertz CT molecular complexity index is 570. The first-order chi connectivity index (χ1) is 8.69. The van der Waals surface area contributed by atoms with E-state index in [1.54, 1.807) is 42.5 Å². The lowest BCUT2D eigenvalue weighted by atomic mass is 9.93. The van der Waals surface area contributed by atoms with Gasteiger partial charge in [-0.2, -0.15) is 5.26 Å². The molecule has 0 bridgehead atoms. The molecule has 0 radical (unpaired) electrons. The predicted octanol–water partition coefficient (Wildman–Crippen LogP) is 2.95. The van der Waals surface area contributed by atoms with Gasteiger partial charge in [-0.25, -0.2) is 0 Å². The van der Waals surface area contributed by atoms with Crippen LogP contribution in [0.2, 0.25) is 0 Å². The van der Waals surface area contributed by atoms with Crippen molar-refractivity contribution in [2.24, 2.45) is 0 Å². The molecule has 0 fully saturated rings. The molecule has 0 aromatic heterocycles. The number of rotatable bonds is 3. The standard InChI is InChI=1S/C15H13NO2/c16-10-13(12-4-6-14(17)7-5-12)8-11-2-1-3-15(18)9-11/h1-7,9,13,17-18H,8H2/t13-/m0/s1. The molecule has 3 heteroatoms. The van der Waals surface area contributed by atoms with Gasteiger partial charge >= 0.3 is 0 Å². The van der Waals surface area contributed by atoms with Gasteiger partial charge in [0.05, 0.1) is 12.0 Å². The second-order valence-electron chi connectivity index (χ2n) is 4.15. The molecule has 0 saturated heterocycles. The second kappa shape index (κ2) is 5.24. The molecule has 2 rings (SSSR count). The molecule has 90 valence electrons. The third kappa shape index (κ3) is 2.80. The minimum Gasteiger partial charge on any atom is -0.508 e. The molecule has 1 atom stereocenters. The summed E-state index contributed by atoms with van der Waals surface area (Å²) >= 11 is 0. The maximum absolute atomic E-state index is 9.39. The Balaban J connectivity index is 2.20. The Labute approximate surface area is 106 Å². The summed E-state index contributed by atoms with van der Waals surface area (Å²) in [5.74, 6) is 0.107. The number of aromatic hydroxyl groups is 2. The van der Waals surface area contributed by atoms with Gasteiger partial charge in [-0.1, -0.05) is 24.3 Å². The van der Waals surface area contributed by atoms with Crippen LogP contribution < -0.4 is 0 Å². The third-order valence-corrected chi connectivity index (χ3v) is 2.80. The van der Waals surface area contributed by atoms with Crippen LogP contribution in [0.1, 0.15) is 17.0 Å². The third-order valence-electron chi connectivity index (χ3n) is 2.80. The topological polar surface area (TPSA) is 64.2 Å². The van der Waals surface area contributed by atoms with E-state index >= 15 is 0 Å². The monoisotopic (exact) mass is 239 g/mol. The number of hydrogen-bond acceptors (Lipinski definition) is 3. The lowest BCUT2D eigenvalue weighted by Crippen LogP contribution is -2.00. The highest BCUT2D eigenvalue weighted by molar-refractivity contribution is 5.34. The van der Waals surface area contributed by atoms with E-state index < -0.39 is 0 Å². The number of phenolic OH excluding ortho intramolecular Hbond substituents is 2. The lowest BCUT2D eigenvalue weighted by Gasteiger charge is -2.10. The maximum atomic E-state index is 9.39. The highest BCUT2D eigenvalue weighted by Gasteiger charge is 2.11. The molecule has 0 heterocycles.